The Bertz CT molecular complexity index is 1130. The summed E-state index contributed by atoms with van der Waals surface area (Å²) < 4.78 is 5.10. The highest BCUT2D eigenvalue weighted by molar-refractivity contribution is 6.21. The monoisotopic (exact) mass is 432 g/mol. The standard InChI is InChI=1S/C25H24N2O5/c1-25(2)19-10-6-7-11-20(19)26(3)21(25)14-16(28)15-32-22(29)12-13-27-23(30)17-8-4-5-9-18(17)24(27)31/h4-11,14H,12-13,15H2,1-3H3. The number of nitrogens with zero attached hydrogens (tertiary/aromatic N) is 2. The number of ketones is 1. The van der Waals surface area contributed by atoms with Gasteiger partial charge in [0.2, 0.25) is 0 Å². The van der Waals surface area contributed by atoms with Crippen molar-refractivity contribution in [3.8, 4) is 0 Å². The molecule has 0 saturated heterocycles. The molecule has 0 N–H and O–H groups in total. The van der Waals surface area contributed by atoms with Gasteiger partial charge >= 0.3 is 5.97 Å². The predicted octanol–water partition coefficient (Wildman–Crippen LogP) is 3.10. The molecule has 2 aliphatic rings. The molecule has 164 valence electrons. The number of hydrogen-bond acceptors (Lipinski definition) is 6. The van der Waals surface area contributed by atoms with Gasteiger partial charge in [0.15, 0.2) is 12.4 Å². The summed E-state index contributed by atoms with van der Waals surface area (Å²) in [5, 5.41) is 0. The van der Waals surface area contributed by atoms with E-state index in [1.165, 1.54) is 6.08 Å². The van der Waals surface area contributed by atoms with Crippen molar-refractivity contribution in [2.75, 3.05) is 25.1 Å². The molecular weight excluding hydrogens is 408 g/mol. The van der Waals surface area contributed by atoms with E-state index >= 15 is 0 Å². The highest BCUT2D eigenvalue weighted by Crippen LogP contribution is 2.46. The van der Waals surface area contributed by atoms with Crippen molar-refractivity contribution in [1.29, 1.82) is 0 Å². The summed E-state index contributed by atoms with van der Waals surface area (Å²) in [5.74, 6) is -1.83. The van der Waals surface area contributed by atoms with Crippen molar-refractivity contribution in [3.05, 3.63) is 77.0 Å². The molecule has 7 heteroatoms. The van der Waals surface area contributed by atoms with Crippen LogP contribution < -0.4 is 4.90 Å². The number of fused-ring (bicyclic) bond motifs is 2. The highest BCUT2D eigenvalue weighted by atomic mass is 16.5. The van der Waals surface area contributed by atoms with E-state index in [9.17, 15) is 19.2 Å². The van der Waals surface area contributed by atoms with E-state index in [1.807, 2.05) is 50.1 Å². The second-order valence-corrected chi connectivity index (χ2v) is 8.42. The number of esters is 1. The van der Waals surface area contributed by atoms with Gasteiger partial charge in [0.25, 0.3) is 11.8 Å². The molecule has 0 fully saturated rings. The van der Waals surface area contributed by atoms with Crippen LogP contribution in [0.15, 0.2) is 60.3 Å². The second kappa shape index (κ2) is 8.07. The Hall–Kier alpha value is -3.74. The number of allylic oxidation sites excluding steroid dienone is 1. The summed E-state index contributed by atoms with van der Waals surface area (Å²) in [4.78, 5) is 52.3. The molecule has 7 nitrogen and oxygen atoms in total. The molecule has 2 amide bonds. The summed E-state index contributed by atoms with van der Waals surface area (Å²) in [6.45, 7) is 3.60. The van der Waals surface area contributed by atoms with Crippen molar-refractivity contribution in [1.82, 2.24) is 4.90 Å². The lowest BCUT2D eigenvalue weighted by atomic mass is 9.83. The fraction of sp³-hybridized carbons (Fsp3) is 0.280. The predicted molar refractivity (Wildman–Crippen MR) is 118 cm³/mol. The summed E-state index contributed by atoms with van der Waals surface area (Å²) in [7, 11) is 1.90. The van der Waals surface area contributed by atoms with E-state index in [1.54, 1.807) is 24.3 Å². The number of imide groups is 1. The van der Waals surface area contributed by atoms with Crippen molar-refractivity contribution in [2.45, 2.75) is 25.7 Å². The molecule has 0 bridgehead atoms. The van der Waals surface area contributed by atoms with Gasteiger partial charge in [-0.2, -0.15) is 0 Å². The number of likely N-dealkylation sites (N-methyl/N-ethyl adjacent to an activating group) is 1. The molecule has 2 heterocycles. The third-order valence-electron chi connectivity index (χ3n) is 6.03. The van der Waals surface area contributed by atoms with Crippen molar-refractivity contribution >= 4 is 29.3 Å². The van der Waals surface area contributed by atoms with Crippen LogP contribution in [-0.4, -0.2) is 48.7 Å². The van der Waals surface area contributed by atoms with E-state index in [0.29, 0.717) is 11.1 Å². The maximum Gasteiger partial charge on any atom is 0.308 e. The lowest BCUT2D eigenvalue weighted by Gasteiger charge is -2.23. The Labute approximate surface area is 186 Å². The van der Waals surface area contributed by atoms with Gasteiger partial charge in [-0.05, 0) is 23.8 Å². The molecule has 32 heavy (non-hydrogen) atoms. The largest absolute Gasteiger partial charge is 0.457 e. The number of carbonyl (C=O) groups is 4. The Morgan fingerprint density at radius 3 is 2.19 bits per heavy atom. The van der Waals surface area contributed by atoms with Crippen LogP contribution in [0, 0.1) is 0 Å². The maximum absolute atomic E-state index is 12.5. The van der Waals surface area contributed by atoms with Gasteiger partial charge in [-0.25, -0.2) is 0 Å². The Morgan fingerprint density at radius 2 is 1.56 bits per heavy atom. The SMILES string of the molecule is CN1C(=CC(=O)COC(=O)CCN2C(=O)c3ccccc3C2=O)C(C)(C)c2ccccc21. The van der Waals surface area contributed by atoms with Gasteiger partial charge in [0.1, 0.15) is 0 Å². The Morgan fingerprint density at radius 1 is 0.969 bits per heavy atom. The first kappa shape index (κ1) is 21.5. The minimum absolute atomic E-state index is 0.0917. The molecular formula is C25H24N2O5. The number of para-hydroxylation sites is 1. The zero-order valence-electron chi connectivity index (χ0n) is 18.3. The van der Waals surface area contributed by atoms with Crippen LogP contribution in [0.2, 0.25) is 0 Å². The van der Waals surface area contributed by atoms with Crippen LogP contribution in [0.25, 0.3) is 0 Å². The minimum Gasteiger partial charge on any atom is -0.457 e. The van der Waals surface area contributed by atoms with Crippen LogP contribution in [0.5, 0.6) is 0 Å². The van der Waals surface area contributed by atoms with E-state index in [-0.39, 0.29) is 24.2 Å². The first-order valence-corrected chi connectivity index (χ1v) is 10.4. The lowest BCUT2D eigenvalue weighted by molar-refractivity contribution is -0.147. The molecule has 4 rings (SSSR count). The zero-order chi connectivity index (χ0) is 23.0. The quantitative estimate of drug-likeness (QED) is 0.396. The van der Waals surface area contributed by atoms with Crippen LogP contribution in [0.1, 0.15) is 46.5 Å². The van der Waals surface area contributed by atoms with Crippen molar-refractivity contribution in [2.24, 2.45) is 0 Å². The van der Waals surface area contributed by atoms with Crippen LogP contribution >= 0.6 is 0 Å². The number of ether oxygens (including phenoxy) is 1. The third-order valence-corrected chi connectivity index (χ3v) is 6.03. The molecule has 0 aliphatic carbocycles. The molecule has 2 aliphatic heterocycles. The molecule has 0 spiro atoms. The topological polar surface area (TPSA) is 84.0 Å². The maximum atomic E-state index is 12.5. The van der Waals surface area contributed by atoms with Crippen LogP contribution in [0.3, 0.4) is 0 Å². The molecule has 0 radical (unpaired) electrons. The van der Waals surface area contributed by atoms with Crippen LogP contribution in [0.4, 0.5) is 5.69 Å². The van der Waals surface area contributed by atoms with E-state index in [0.717, 1.165) is 21.8 Å². The number of anilines is 1. The first-order chi connectivity index (χ1) is 15.2. The van der Waals surface area contributed by atoms with Gasteiger partial charge in [0, 0.05) is 36.5 Å². The Kier molecular flexibility index (Phi) is 5.42. The van der Waals surface area contributed by atoms with E-state index < -0.39 is 24.4 Å². The molecule has 2 aromatic rings. The number of rotatable bonds is 6. The van der Waals surface area contributed by atoms with E-state index in [2.05, 4.69) is 0 Å². The zero-order valence-corrected chi connectivity index (χ0v) is 18.3. The van der Waals surface area contributed by atoms with Gasteiger partial charge in [0.05, 0.1) is 17.5 Å². The average molecular weight is 432 g/mol. The fourth-order valence-corrected chi connectivity index (χ4v) is 4.32. The second-order valence-electron chi connectivity index (χ2n) is 8.42. The van der Waals surface area contributed by atoms with Gasteiger partial charge in [-0.3, -0.25) is 24.1 Å². The summed E-state index contributed by atoms with van der Waals surface area (Å²) >= 11 is 0. The number of amides is 2. The van der Waals surface area contributed by atoms with Crippen molar-refractivity contribution in [3.63, 3.8) is 0 Å². The van der Waals surface area contributed by atoms with Gasteiger partial charge in [-0.1, -0.05) is 44.2 Å². The van der Waals surface area contributed by atoms with Gasteiger partial charge < -0.3 is 9.64 Å². The molecule has 2 aromatic carbocycles. The smallest absolute Gasteiger partial charge is 0.308 e. The van der Waals surface area contributed by atoms with Crippen molar-refractivity contribution < 1.29 is 23.9 Å². The lowest BCUT2D eigenvalue weighted by Crippen LogP contribution is -2.32. The van der Waals surface area contributed by atoms with Crippen LogP contribution in [-0.2, 0) is 19.7 Å². The molecule has 0 aromatic heterocycles. The highest BCUT2D eigenvalue weighted by Gasteiger charge is 2.38. The summed E-state index contributed by atoms with van der Waals surface area (Å²) in [6.07, 6.45) is 1.34. The third kappa shape index (κ3) is 3.60. The molecule has 0 atom stereocenters. The normalized spacial score (nSPS) is 17.5. The number of hydrogen-bond donors (Lipinski definition) is 0. The number of benzene rings is 2. The van der Waals surface area contributed by atoms with E-state index in [4.69, 9.17) is 4.74 Å². The fourth-order valence-electron chi connectivity index (χ4n) is 4.32. The molecule has 0 unspecified atom stereocenters. The first-order valence-electron chi connectivity index (χ1n) is 10.4. The summed E-state index contributed by atoms with van der Waals surface area (Å²) in [5.41, 5.74) is 3.30. The summed E-state index contributed by atoms with van der Waals surface area (Å²) in [6, 6.07) is 14.5. The number of carbonyl (C=O) groups excluding carboxylic acids is 4. The Balaban J connectivity index is 1.33. The average Bonchev–Trinajstić information content (AvgIpc) is 3.14. The molecule has 0 saturated carbocycles. The minimum atomic E-state index is -0.643. The van der Waals surface area contributed by atoms with Gasteiger partial charge in [-0.15, -0.1) is 0 Å².